The molecule has 0 aliphatic heterocycles. The third-order valence-electron chi connectivity index (χ3n) is 3.14. The lowest BCUT2D eigenvalue weighted by molar-refractivity contribution is -0.117. The monoisotopic (exact) mass is 332 g/mol. The van der Waals surface area contributed by atoms with Crippen LogP contribution in [0, 0.1) is 13.8 Å². The van der Waals surface area contributed by atoms with E-state index in [1.165, 1.54) is 0 Å². The van der Waals surface area contributed by atoms with Crippen molar-refractivity contribution in [2.45, 2.75) is 19.9 Å². The number of carbonyl (C=O) groups is 1. The Morgan fingerprint density at radius 1 is 1.15 bits per heavy atom. The van der Waals surface area contributed by atoms with Crippen LogP contribution in [-0.4, -0.2) is 5.91 Å². The Morgan fingerprint density at radius 2 is 1.80 bits per heavy atom. The third-order valence-corrected chi connectivity index (χ3v) is 4.03. The summed E-state index contributed by atoms with van der Waals surface area (Å²) in [5.41, 5.74) is 9.74. The number of hydrogen-bond donors (Lipinski definition) is 2. The number of nitrogens with two attached hydrogens (primary N) is 1. The van der Waals surface area contributed by atoms with Gasteiger partial charge in [-0.1, -0.05) is 45.8 Å². The van der Waals surface area contributed by atoms with E-state index in [2.05, 4.69) is 21.2 Å². The first-order valence-corrected chi connectivity index (χ1v) is 7.16. The number of amides is 1. The molecule has 104 valence electrons. The first-order chi connectivity index (χ1) is 9.47. The first kappa shape index (κ1) is 14.8. The van der Waals surface area contributed by atoms with Crippen LogP contribution in [-0.2, 0) is 4.79 Å². The summed E-state index contributed by atoms with van der Waals surface area (Å²) >= 11 is 3.43. The predicted octanol–water partition coefficient (Wildman–Crippen LogP) is 3.70. The van der Waals surface area contributed by atoms with Gasteiger partial charge in [-0.3, -0.25) is 4.79 Å². The smallest absolute Gasteiger partial charge is 0.245 e. The highest BCUT2D eigenvalue weighted by molar-refractivity contribution is 9.10. The van der Waals surface area contributed by atoms with Crippen molar-refractivity contribution in [3.05, 3.63) is 63.6 Å². The quantitative estimate of drug-likeness (QED) is 0.900. The summed E-state index contributed by atoms with van der Waals surface area (Å²) in [7, 11) is 0. The zero-order valence-electron chi connectivity index (χ0n) is 11.5. The predicted molar refractivity (Wildman–Crippen MR) is 85.6 cm³/mol. The number of rotatable bonds is 3. The van der Waals surface area contributed by atoms with Crippen LogP contribution in [0.25, 0.3) is 0 Å². The molecule has 1 unspecified atom stereocenters. The van der Waals surface area contributed by atoms with E-state index in [1.54, 1.807) is 0 Å². The summed E-state index contributed by atoms with van der Waals surface area (Å²) < 4.78 is 1.01. The van der Waals surface area contributed by atoms with Crippen LogP contribution in [0.5, 0.6) is 0 Å². The molecular formula is C16H17BrN2O. The van der Waals surface area contributed by atoms with Gasteiger partial charge in [0.05, 0.1) is 0 Å². The number of aryl methyl sites for hydroxylation is 2. The molecule has 2 aromatic carbocycles. The summed E-state index contributed by atoms with van der Waals surface area (Å²) in [5, 5.41) is 2.84. The summed E-state index contributed by atoms with van der Waals surface area (Å²) in [6, 6.07) is 12.7. The number of carbonyl (C=O) groups excluding carboxylic acids is 1. The molecule has 0 aliphatic rings. The highest BCUT2D eigenvalue weighted by atomic mass is 79.9. The van der Waals surface area contributed by atoms with Crippen molar-refractivity contribution >= 4 is 27.5 Å². The molecule has 2 rings (SSSR count). The molecule has 1 amide bonds. The Balaban J connectivity index is 2.11. The maximum absolute atomic E-state index is 12.1. The Labute approximate surface area is 127 Å². The van der Waals surface area contributed by atoms with Gasteiger partial charge in [0.25, 0.3) is 0 Å². The minimum Gasteiger partial charge on any atom is -0.324 e. The lowest BCUT2D eigenvalue weighted by Crippen LogP contribution is -2.27. The Kier molecular flexibility index (Phi) is 4.57. The van der Waals surface area contributed by atoms with Crippen molar-refractivity contribution < 1.29 is 4.79 Å². The maximum atomic E-state index is 12.1. The van der Waals surface area contributed by atoms with Crippen LogP contribution in [0.1, 0.15) is 22.7 Å². The summed E-state index contributed by atoms with van der Waals surface area (Å²) in [4.78, 5) is 12.1. The van der Waals surface area contributed by atoms with Gasteiger partial charge in [-0.2, -0.15) is 0 Å². The molecule has 0 bridgehead atoms. The summed E-state index contributed by atoms with van der Waals surface area (Å²) in [5.74, 6) is -0.212. The number of benzene rings is 2. The van der Waals surface area contributed by atoms with Crippen LogP contribution in [0.4, 0.5) is 5.69 Å². The van der Waals surface area contributed by atoms with Crippen molar-refractivity contribution in [2.75, 3.05) is 5.32 Å². The average molecular weight is 333 g/mol. The van der Waals surface area contributed by atoms with E-state index in [0.29, 0.717) is 0 Å². The van der Waals surface area contributed by atoms with Crippen molar-refractivity contribution in [3.63, 3.8) is 0 Å². The Morgan fingerprint density at radius 3 is 2.40 bits per heavy atom. The SMILES string of the molecule is Cc1ccc(C(N)C(=O)Nc2ccc(Br)c(C)c2)cc1. The molecule has 0 spiro atoms. The van der Waals surface area contributed by atoms with E-state index in [0.717, 1.165) is 26.9 Å². The van der Waals surface area contributed by atoms with Crippen LogP contribution in [0.2, 0.25) is 0 Å². The minimum atomic E-state index is -0.667. The number of halogens is 1. The highest BCUT2D eigenvalue weighted by Gasteiger charge is 2.15. The summed E-state index contributed by atoms with van der Waals surface area (Å²) in [6.45, 7) is 3.97. The summed E-state index contributed by atoms with van der Waals surface area (Å²) in [6.07, 6.45) is 0. The molecule has 0 saturated heterocycles. The molecule has 0 radical (unpaired) electrons. The molecule has 2 aromatic rings. The van der Waals surface area contributed by atoms with Gasteiger partial charge in [0.2, 0.25) is 5.91 Å². The van der Waals surface area contributed by atoms with E-state index in [4.69, 9.17) is 5.73 Å². The second-order valence-corrected chi connectivity index (χ2v) is 5.70. The highest BCUT2D eigenvalue weighted by Crippen LogP contribution is 2.21. The van der Waals surface area contributed by atoms with Gasteiger partial charge in [-0.25, -0.2) is 0 Å². The second kappa shape index (κ2) is 6.20. The van der Waals surface area contributed by atoms with Crippen molar-refractivity contribution in [2.24, 2.45) is 5.73 Å². The molecule has 0 aliphatic carbocycles. The zero-order chi connectivity index (χ0) is 14.7. The molecule has 0 saturated carbocycles. The molecule has 0 fully saturated rings. The average Bonchev–Trinajstić information content (AvgIpc) is 2.43. The Bertz CT molecular complexity index is 623. The first-order valence-electron chi connectivity index (χ1n) is 6.36. The third kappa shape index (κ3) is 3.46. The molecule has 20 heavy (non-hydrogen) atoms. The van der Waals surface area contributed by atoms with E-state index < -0.39 is 6.04 Å². The number of nitrogens with one attached hydrogen (secondary N) is 1. The minimum absolute atomic E-state index is 0.212. The van der Waals surface area contributed by atoms with Crippen LogP contribution < -0.4 is 11.1 Å². The van der Waals surface area contributed by atoms with E-state index in [-0.39, 0.29) is 5.91 Å². The van der Waals surface area contributed by atoms with Gasteiger partial charge < -0.3 is 11.1 Å². The van der Waals surface area contributed by atoms with Crippen LogP contribution >= 0.6 is 15.9 Å². The standard InChI is InChI=1S/C16H17BrN2O/c1-10-3-5-12(6-4-10)15(18)16(20)19-13-7-8-14(17)11(2)9-13/h3-9,15H,18H2,1-2H3,(H,19,20). The Hall–Kier alpha value is -1.65. The van der Waals surface area contributed by atoms with Gasteiger partial charge >= 0.3 is 0 Å². The van der Waals surface area contributed by atoms with E-state index in [9.17, 15) is 4.79 Å². The number of hydrogen-bond acceptors (Lipinski definition) is 2. The van der Waals surface area contributed by atoms with Gasteiger partial charge in [-0.05, 0) is 43.2 Å². The van der Waals surface area contributed by atoms with Gasteiger partial charge in [0, 0.05) is 10.2 Å². The lowest BCUT2D eigenvalue weighted by atomic mass is 10.1. The normalized spacial score (nSPS) is 12.0. The fourth-order valence-electron chi connectivity index (χ4n) is 1.87. The van der Waals surface area contributed by atoms with Crippen LogP contribution in [0.15, 0.2) is 46.9 Å². The van der Waals surface area contributed by atoms with E-state index in [1.807, 2.05) is 56.3 Å². The zero-order valence-corrected chi connectivity index (χ0v) is 13.1. The fraction of sp³-hybridized carbons (Fsp3) is 0.188. The van der Waals surface area contributed by atoms with Gasteiger partial charge in [0.1, 0.15) is 6.04 Å². The van der Waals surface area contributed by atoms with E-state index >= 15 is 0 Å². The van der Waals surface area contributed by atoms with Gasteiger partial charge in [0.15, 0.2) is 0 Å². The second-order valence-electron chi connectivity index (χ2n) is 4.84. The van der Waals surface area contributed by atoms with Gasteiger partial charge in [-0.15, -0.1) is 0 Å². The van der Waals surface area contributed by atoms with Crippen molar-refractivity contribution in [1.82, 2.24) is 0 Å². The topological polar surface area (TPSA) is 55.1 Å². The maximum Gasteiger partial charge on any atom is 0.245 e. The van der Waals surface area contributed by atoms with Crippen LogP contribution in [0.3, 0.4) is 0 Å². The molecule has 3 N–H and O–H groups in total. The largest absolute Gasteiger partial charge is 0.324 e. The number of anilines is 1. The molecule has 4 heteroatoms. The lowest BCUT2D eigenvalue weighted by Gasteiger charge is -2.13. The molecule has 0 heterocycles. The van der Waals surface area contributed by atoms with Crippen molar-refractivity contribution in [1.29, 1.82) is 0 Å². The molecule has 1 atom stereocenters. The molecular weight excluding hydrogens is 316 g/mol. The molecule has 3 nitrogen and oxygen atoms in total. The van der Waals surface area contributed by atoms with Crippen molar-refractivity contribution in [3.8, 4) is 0 Å². The molecule has 0 aromatic heterocycles. The fourth-order valence-corrected chi connectivity index (χ4v) is 2.11.